The quantitative estimate of drug-likeness (QED) is 0.284. The first-order valence-corrected chi connectivity index (χ1v) is 11.9. The smallest absolute Gasteiger partial charge is 0.226 e. The van der Waals surface area contributed by atoms with E-state index in [9.17, 15) is 4.79 Å². The van der Waals surface area contributed by atoms with Crippen LogP contribution in [0.25, 0.3) is 0 Å². The summed E-state index contributed by atoms with van der Waals surface area (Å²) in [6.07, 6.45) is 6.96. The molecule has 2 aliphatic rings. The molecule has 2 aliphatic heterocycles. The molecule has 1 amide bonds. The van der Waals surface area contributed by atoms with E-state index in [1.165, 1.54) is 12.8 Å². The Labute approximate surface area is 214 Å². The number of nitrogens with zero attached hydrogens (tertiary/aromatic N) is 3. The Morgan fingerprint density at radius 1 is 1.06 bits per heavy atom. The molecule has 0 aliphatic carbocycles. The third-order valence-corrected chi connectivity index (χ3v) is 6.25. The van der Waals surface area contributed by atoms with Gasteiger partial charge in [0.2, 0.25) is 5.91 Å². The second-order valence-corrected chi connectivity index (χ2v) is 8.52. The van der Waals surface area contributed by atoms with Crippen LogP contribution in [0.3, 0.4) is 0 Å². The number of hydrogen-bond donors (Lipinski definition) is 2. The van der Waals surface area contributed by atoms with E-state index < -0.39 is 0 Å². The molecular weight excluding hydrogens is 529 g/mol. The van der Waals surface area contributed by atoms with Crippen molar-refractivity contribution in [1.29, 1.82) is 0 Å². The van der Waals surface area contributed by atoms with Gasteiger partial charge in [0.15, 0.2) is 5.96 Å². The summed E-state index contributed by atoms with van der Waals surface area (Å²) in [4.78, 5) is 21.3. The van der Waals surface area contributed by atoms with Gasteiger partial charge >= 0.3 is 0 Å². The molecule has 2 aromatic rings. The van der Waals surface area contributed by atoms with Crippen LogP contribution >= 0.6 is 24.0 Å². The number of carbonyl (C=O) groups excluding carboxylic acids is 1. The third-order valence-electron chi connectivity index (χ3n) is 6.25. The van der Waals surface area contributed by atoms with Crippen molar-refractivity contribution in [2.24, 2.45) is 4.99 Å². The largest absolute Gasteiger partial charge is 0.468 e. The number of nitrogens with one attached hydrogen (secondary N) is 2. The Bertz CT molecular complexity index is 879. The SMILES string of the molecule is CCNC(=NCc1ccc(N2CCCCC2=O)cc1)NCC(c1ccco1)N1CCCC1.I. The monoisotopic (exact) mass is 565 g/mol. The van der Waals surface area contributed by atoms with Crippen LogP contribution in [0, 0.1) is 0 Å². The summed E-state index contributed by atoms with van der Waals surface area (Å²) < 4.78 is 5.73. The highest BCUT2D eigenvalue weighted by molar-refractivity contribution is 14.0. The number of piperidine rings is 1. The Hall–Kier alpha value is -2.07. The summed E-state index contributed by atoms with van der Waals surface area (Å²) in [5, 5.41) is 6.86. The molecule has 180 valence electrons. The molecule has 0 spiro atoms. The number of carbonyl (C=O) groups is 1. The zero-order valence-electron chi connectivity index (χ0n) is 19.5. The van der Waals surface area contributed by atoms with E-state index in [1.807, 2.05) is 23.1 Å². The van der Waals surface area contributed by atoms with Gasteiger partial charge in [0, 0.05) is 31.7 Å². The average molecular weight is 566 g/mol. The fourth-order valence-corrected chi connectivity index (χ4v) is 4.51. The number of furan rings is 1. The Morgan fingerprint density at radius 2 is 1.82 bits per heavy atom. The van der Waals surface area contributed by atoms with Crippen LogP contribution in [0.2, 0.25) is 0 Å². The summed E-state index contributed by atoms with van der Waals surface area (Å²) in [5.41, 5.74) is 2.11. The van der Waals surface area contributed by atoms with Crippen molar-refractivity contribution in [3.8, 4) is 0 Å². The molecule has 2 saturated heterocycles. The van der Waals surface area contributed by atoms with E-state index in [1.54, 1.807) is 6.26 Å². The Kier molecular flexibility index (Phi) is 10.1. The van der Waals surface area contributed by atoms with Crippen LogP contribution in [0.4, 0.5) is 5.69 Å². The number of halogens is 1. The predicted molar refractivity (Wildman–Crippen MR) is 143 cm³/mol. The molecule has 33 heavy (non-hydrogen) atoms. The summed E-state index contributed by atoms with van der Waals surface area (Å²) >= 11 is 0. The molecule has 1 aromatic carbocycles. The van der Waals surface area contributed by atoms with Crippen LogP contribution in [0.5, 0.6) is 0 Å². The van der Waals surface area contributed by atoms with Gasteiger partial charge < -0.3 is 20.0 Å². The fraction of sp³-hybridized carbons (Fsp3) is 0.520. The van der Waals surface area contributed by atoms with Crippen molar-refractivity contribution in [2.75, 3.05) is 37.6 Å². The van der Waals surface area contributed by atoms with Crippen LogP contribution in [-0.4, -0.2) is 49.5 Å². The number of benzene rings is 1. The zero-order chi connectivity index (χ0) is 22.2. The standard InChI is InChI=1S/C25H35N5O2.HI/c1-2-26-25(28-19-22(23-8-7-17-32-23)29-14-5-6-15-29)27-18-20-10-12-21(13-11-20)30-16-4-3-9-24(30)31;/h7-8,10-13,17,22H,2-6,9,14-16,18-19H2,1H3,(H2,26,27,28);1H. The molecule has 0 bridgehead atoms. The summed E-state index contributed by atoms with van der Waals surface area (Å²) in [6.45, 7) is 7.23. The second kappa shape index (κ2) is 13.0. The lowest BCUT2D eigenvalue weighted by molar-refractivity contribution is -0.119. The first kappa shape index (κ1) is 25.6. The maximum atomic E-state index is 12.2. The normalized spacial score (nSPS) is 18.2. The van der Waals surface area contributed by atoms with Gasteiger partial charge in [0.25, 0.3) is 0 Å². The van der Waals surface area contributed by atoms with E-state index in [-0.39, 0.29) is 35.9 Å². The molecule has 0 radical (unpaired) electrons. The number of amides is 1. The van der Waals surface area contributed by atoms with E-state index in [4.69, 9.17) is 9.41 Å². The number of likely N-dealkylation sites (tertiary alicyclic amines) is 1. The maximum absolute atomic E-state index is 12.2. The highest BCUT2D eigenvalue weighted by atomic mass is 127. The van der Waals surface area contributed by atoms with Gasteiger partial charge in [-0.05, 0) is 75.5 Å². The van der Waals surface area contributed by atoms with Gasteiger partial charge in [-0.1, -0.05) is 12.1 Å². The highest BCUT2D eigenvalue weighted by Gasteiger charge is 2.25. The number of hydrogen-bond acceptors (Lipinski definition) is 4. The van der Waals surface area contributed by atoms with E-state index >= 15 is 0 Å². The minimum Gasteiger partial charge on any atom is -0.468 e. The molecule has 1 atom stereocenters. The van der Waals surface area contributed by atoms with E-state index in [2.05, 4.69) is 40.7 Å². The number of rotatable bonds is 8. The minimum absolute atomic E-state index is 0. The van der Waals surface area contributed by atoms with Crippen molar-refractivity contribution in [2.45, 2.75) is 51.6 Å². The topological polar surface area (TPSA) is 73.1 Å². The molecule has 7 nitrogen and oxygen atoms in total. The van der Waals surface area contributed by atoms with Crippen LogP contribution in [0.1, 0.15) is 56.4 Å². The van der Waals surface area contributed by atoms with Crippen molar-refractivity contribution in [3.05, 3.63) is 54.0 Å². The van der Waals surface area contributed by atoms with Crippen molar-refractivity contribution >= 4 is 41.5 Å². The maximum Gasteiger partial charge on any atom is 0.226 e. The first-order valence-electron chi connectivity index (χ1n) is 11.9. The van der Waals surface area contributed by atoms with Crippen LogP contribution < -0.4 is 15.5 Å². The van der Waals surface area contributed by atoms with Crippen LogP contribution in [0.15, 0.2) is 52.1 Å². The number of guanidine groups is 1. The van der Waals surface area contributed by atoms with Crippen LogP contribution in [-0.2, 0) is 11.3 Å². The predicted octanol–water partition coefficient (Wildman–Crippen LogP) is 4.31. The highest BCUT2D eigenvalue weighted by Crippen LogP contribution is 2.25. The van der Waals surface area contributed by atoms with E-state index in [0.717, 1.165) is 68.5 Å². The number of anilines is 1. The zero-order valence-corrected chi connectivity index (χ0v) is 21.8. The van der Waals surface area contributed by atoms with Gasteiger partial charge in [-0.25, -0.2) is 4.99 Å². The molecule has 2 N–H and O–H groups in total. The first-order chi connectivity index (χ1) is 15.7. The lowest BCUT2D eigenvalue weighted by atomic mass is 10.1. The molecule has 1 unspecified atom stereocenters. The molecule has 4 rings (SSSR count). The molecule has 0 saturated carbocycles. The molecule has 3 heterocycles. The van der Waals surface area contributed by atoms with Gasteiger partial charge in [0.1, 0.15) is 5.76 Å². The molecule has 8 heteroatoms. The summed E-state index contributed by atoms with van der Waals surface area (Å²) in [6, 6.07) is 12.4. The lowest BCUT2D eigenvalue weighted by Crippen LogP contribution is -2.42. The average Bonchev–Trinajstić information content (AvgIpc) is 3.54. The van der Waals surface area contributed by atoms with Crippen molar-refractivity contribution in [3.63, 3.8) is 0 Å². The van der Waals surface area contributed by atoms with Gasteiger partial charge in [-0.2, -0.15) is 0 Å². The molecule has 2 fully saturated rings. The van der Waals surface area contributed by atoms with Gasteiger partial charge in [-0.3, -0.25) is 9.69 Å². The third kappa shape index (κ3) is 6.96. The van der Waals surface area contributed by atoms with Gasteiger partial charge in [-0.15, -0.1) is 24.0 Å². The fourth-order valence-electron chi connectivity index (χ4n) is 4.51. The van der Waals surface area contributed by atoms with E-state index in [0.29, 0.717) is 13.0 Å². The van der Waals surface area contributed by atoms with Crippen molar-refractivity contribution in [1.82, 2.24) is 15.5 Å². The van der Waals surface area contributed by atoms with Crippen molar-refractivity contribution < 1.29 is 9.21 Å². The lowest BCUT2D eigenvalue weighted by Gasteiger charge is -2.27. The molecular formula is C25H36IN5O2. The molecule has 1 aromatic heterocycles. The Morgan fingerprint density at radius 3 is 2.48 bits per heavy atom. The summed E-state index contributed by atoms with van der Waals surface area (Å²) in [7, 11) is 0. The summed E-state index contributed by atoms with van der Waals surface area (Å²) in [5.74, 6) is 2.03. The Balaban J connectivity index is 0.00000306. The van der Waals surface area contributed by atoms with Gasteiger partial charge in [0.05, 0.1) is 18.8 Å². The second-order valence-electron chi connectivity index (χ2n) is 8.52. The minimum atomic E-state index is 0. The number of aliphatic imine (C=N–C) groups is 1.